The van der Waals surface area contributed by atoms with E-state index in [0.29, 0.717) is 19.5 Å². The number of methoxy groups -OCH3 is 1. The molecule has 1 aliphatic rings. The van der Waals surface area contributed by atoms with E-state index in [1.165, 1.54) is 5.56 Å². The van der Waals surface area contributed by atoms with Crippen molar-refractivity contribution >= 4 is 5.91 Å². The summed E-state index contributed by atoms with van der Waals surface area (Å²) in [5.41, 5.74) is 1.21. The number of carbonyl (C=O) groups is 1. The van der Waals surface area contributed by atoms with Gasteiger partial charge in [-0.3, -0.25) is 4.79 Å². The molecule has 1 aromatic carbocycles. The summed E-state index contributed by atoms with van der Waals surface area (Å²) in [6, 6.07) is 8.07. The molecule has 1 aromatic rings. The summed E-state index contributed by atoms with van der Waals surface area (Å²) in [6.07, 6.45) is 1.43. The molecule has 1 aliphatic heterocycles. The zero-order valence-corrected chi connectivity index (χ0v) is 12.5. The number of ether oxygens (including phenoxy) is 2. The van der Waals surface area contributed by atoms with Gasteiger partial charge in [0.05, 0.1) is 13.1 Å². The molecule has 0 unspecified atom stereocenters. The van der Waals surface area contributed by atoms with Crippen LogP contribution in [0.4, 0.5) is 0 Å². The molecule has 0 spiro atoms. The first kappa shape index (κ1) is 14.9. The molecule has 1 atom stereocenters. The molecule has 20 heavy (non-hydrogen) atoms. The molecule has 0 radical (unpaired) electrons. The van der Waals surface area contributed by atoms with E-state index in [0.717, 1.165) is 12.2 Å². The van der Waals surface area contributed by atoms with Gasteiger partial charge in [-0.05, 0) is 24.5 Å². The minimum Gasteiger partial charge on any atom is -0.486 e. The lowest BCUT2D eigenvalue weighted by Gasteiger charge is -2.40. The molecule has 0 aliphatic carbocycles. The highest BCUT2D eigenvalue weighted by atomic mass is 16.5. The van der Waals surface area contributed by atoms with Crippen LogP contribution in [-0.2, 0) is 16.0 Å². The van der Waals surface area contributed by atoms with E-state index in [1.54, 1.807) is 12.0 Å². The van der Waals surface area contributed by atoms with Gasteiger partial charge >= 0.3 is 0 Å². The number of benzene rings is 1. The standard InChI is InChI=1S/C16H23NO3/c1-4-12-8-6-7-9-15(12)20-13-10-17(11-13)16(18)14(5-2)19-3/h6-9,13-14H,4-5,10-11H2,1-3H3/t14-/m1/s1. The Morgan fingerprint density at radius 2 is 2.05 bits per heavy atom. The monoisotopic (exact) mass is 277 g/mol. The van der Waals surface area contributed by atoms with Crippen LogP contribution >= 0.6 is 0 Å². The lowest BCUT2D eigenvalue weighted by molar-refractivity contribution is -0.151. The van der Waals surface area contributed by atoms with E-state index >= 15 is 0 Å². The first-order valence-electron chi connectivity index (χ1n) is 7.25. The number of nitrogens with zero attached hydrogens (tertiary/aromatic N) is 1. The first-order valence-corrected chi connectivity index (χ1v) is 7.25. The van der Waals surface area contributed by atoms with E-state index < -0.39 is 0 Å². The van der Waals surface area contributed by atoms with Crippen molar-refractivity contribution in [2.24, 2.45) is 0 Å². The van der Waals surface area contributed by atoms with Gasteiger partial charge in [0.2, 0.25) is 0 Å². The Balaban J connectivity index is 1.86. The fraction of sp³-hybridized carbons (Fsp3) is 0.562. The predicted molar refractivity (Wildman–Crippen MR) is 77.9 cm³/mol. The number of hydrogen-bond acceptors (Lipinski definition) is 3. The smallest absolute Gasteiger partial charge is 0.251 e. The summed E-state index contributed by atoms with van der Waals surface area (Å²) in [7, 11) is 1.58. The fourth-order valence-corrected chi connectivity index (χ4v) is 2.43. The van der Waals surface area contributed by atoms with Gasteiger partial charge in [-0.15, -0.1) is 0 Å². The third-order valence-corrected chi connectivity index (χ3v) is 3.74. The molecule has 0 bridgehead atoms. The molecule has 4 nitrogen and oxygen atoms in total. The Hall–Kier alpha value is -1.55. The van der Waals surface area contributed by atoms with E-state index in [4.69, 9.17) is 9.47 Å². The van der Waals surface area contributed by atoms with Crippen LogP contribution in [0.1, 0.15) is 25.8 Å². The number of amides is 1. The van der Waals surface area contributed by atoms with Crippen molar-refractivity contribution in [2.75, 3.05) is 20.2 Å². The Bertz CT molecular complexity index is 451. The Morgan fingerprint density at radius 3 is 2.65 bits per heavy atom. The fourth-order valence-electron chi connectivity index (χ4n) is 2.43. The Morgan fingerprint density at radius 1 is 1.35 bits per heavy atom. The van der Waals surface area contributed by atoms with E-state index in [-0.39, 0.29) is 18.1 Å². The van der Waals surface area contributed by atoms with E-state index in [1.807, 2.05) is 25.1 Å². The molecule has 0 N–H and O–H groups in total. The van der Waals surface area contributed by atoms with Crippen LogP contribution in [0.2, 0.25) is 0 Å². The normalized spacial score (nSPS) is 16.6. The largest absolute Gasteiger partial charge is 0.486 e. The molecule has 2 rings (SSSR count). The molecular formula is C16H23NO3. The third-order valence-electron chi connectivity index (χ3n) is 3.74. The average molecular weight is 277 g/mol. The van der Waals surface area contributed by atoms with Crippen molar-refractivity contribution in [1.29, 1.82) is 0 Å². The number of hydrogen-bond donors (Lipinski definition) is 0. The van der Waals surface area contributed by atoms with Crippen molar-refractivity contribution in [3.05, 3.63) is 29.8 Å². The van der Waals surface area contributed by atoms with E-state index in [2.05, 4.69) is 13.0 Å². The molecule has 1 fully saturated rings. The number of aryl methyl sites for hydroxylation is 1. The van der Waals surface area contributed by atoms with Crippen LogP contribution in [-0.4, -0.2) is 43.2 Å². The second-order valence-electron chi connectivity index (χ2n) is 5.08. The molecular weight excluding hydrogens is 254 g/mol. The molecule has 110 valence electrons. The molecule has 1 amide bonds. The molecule has 4 heteroatoms. The van der Waals surface area contributed by atoms with Crippen molar-refractivity contribution in [3.8, 4) is 5.75 Å². The highest BCUT2D eigenvalue weighted by Gasteiger charge is 2.35. The van der Waals surface area contributed by atoms with Crippen LogP contribution in [0.25, 0.3) is 0 Å². The molecule has 0 aromatic heterocycles. The minimum absolute atomic E-state index is 0.0682. The summed E-state index contributed by atoms with van der Waals surface area (Å²) in [5, 5.41) is 0. The van der Waals surface area contributed by atoms with Gasteiger partial charge in [0, 0.05) is 7.11 Å². The van der Waals surface area contributed by atoms with Crippen LogP contribution in [0.5, 0.6) is 5.75 Å². The SMILES string of the molecule is CCc1ccccc1OC1CN(C(=O)[C@@H](CC)OC)C1. The van der Waals surface area contributed by atoms with Gasteiger partial charge < -0.3 is 14.4 Å². The number of rotatable bonds is 6. The van der Waals surface area contributed by atoms with E-state index in [9.17, 15) is 4.79 Å². The summed E-state index contributed by atoms with van der Waals surface area (Å²) in [4.78, 5) is 13.9. The minimum atomic E-state index is -0.320. The summed E-state index contributed by atoms with van der Waals surface area (Å²) < 4.78 is 11.1. The second-order valence-corrected chi connectivity index (χ2v) is 5.08. The van der Waals surface area contributed by atoms with Crippen molar-refractivity contribution in [2.45, 2.75) is 38.9 Å². The third kappa shape index (κ3) is 3.12. The topological polar surface area (TPSA) is 38.8 Å². The van der Waals surface area contributed by atoms with Gasteiger partial charge in [0.15, 0.2) is 0 Å². The van der Waals surface area contributed by atoms with Crippen LogP contribution in [0, 0.1) is 0 Å². The van der Waals surface area contributed by atoms with Crippen molar-refractivity contribution in [3.63, 3.8) is 0 Å². The van der Waals surface area contributed by atoms with Crippen LogP contribution < -0.4 is 4.74 Å². The Labute approximate surface area is 120 Å². The van der Waals surface area contributed by atoms with Crippen LogP contribution in [0.15, 0.2) is 24.3 Å². The van der Waals surface area contributed by atoms with Gasteiger partial charge in [0.25, 0.3) is 5.91 Å². The molecule has 0 saturated carbocycles. The van der Waals surface area contributed by atoms with Gasteiger partial charge in [-0.2, -0.15) is 0 Å². The Kier molecular flexibility index (Phi) is 5.01. The first-order chi connectivity index (χ1) is 9.69. The highest BCUT2D eigenvalue weighted by Crippen LogP contribution is 2.23. The molecule has 1 saturated heterocycles. The molecule has 1 heterocycles. The average Bonchev–Trinajstić information content (AvgIpc) is 2.43. The maximum Gasteiger partial charge on any atom is 0.251 e. The zero-order chi connectivity index (χ0) is 14.5. The second kappa shape index (κ2) is 6.75. The zero-order valence-electron chi connectivity index (χ0n) is 12.5. The summed E-state index contributed by atoms with van der Waals surface area (Å²) in [5.74, 6) is 1.00. The van der Waals surface area contributed by atoms with Gasteiger partial charge in [0.1, 0.15) is 18.0 Å². The maximum atomic E-state index is 12.1. The number of likely N-dealkylation sites (tertiary alicyclic amines) is 1. The summed E-state index contributed by atoms with van der Waals surface area (Å²) in [6.45, 7) is 5.37. The van der Waals surface area contributed by atoms with Crippen LogP contribution in [0.3, 0.4) is 0 Å². The van der Waals surface area contributed by atoms with Crippen molar-refractivity contribution in [1.82, 2.24) is 4.90 Å². The lowest BCUT2D eigenvalue weighted by atomic mass is 10.1. The van der Waals surface area contributed by atoms with Gasteiger partial charge in [-0.1, -0.05) is 32.0 Å². The highest BCUT2D eigenvalue weighted by molar-refractivity contribution is 5.81. The number of carbonyl (C=O) groups excluding carboxylic acids is 1. The van der Waals surface area contributed by atoms with Gasteiger partial charge in [-0.25, -0.2) is 0 Å². The number of para-hydroxylation sites is 1. The quantitative estimate of drug-likeness (QED) is 0.800. The van der Waals surface area contributed by atoms with Crippen molar-refractivity contribution < 1.29 is 14.3 Å². The lowest BCUT2D eigenvalue weighted by Crippen LogP contribution is -2.58. The summed E-state index contributed by atoms with van der Waals surface area (Å²) >= 11 is 0. The maximum absolute atomic E-state index is 12.1. The predicted octanol–water partition coefficient (Wildman–Crippen LogP) is 2.26.